The highest BCUT2D eigenvalue weighted by molar-refractivity contribution is 7.19. The fraction of sp³-hybridized carbons (Fsp3) is 0.316. The van der Waals surface area contributed by atoms with Crippen LogP contribution < -0.4 is 10.6 Å². The minimum Gasteiger partial charge on any atom is -0.382 e. The molecule has 146 valence electrons. The summed E-state index contributed by atoms with van der Waals surface area (Å²) < 4.78 is 5.72. The molecule has 6 nitrogen and oxygen atoms in total. The standard InChI is InChI=1S/C19H19Cl2N5OS/c1-10-8-27-11(2)7-26(10)19-14(6-22)16(17(28-19)18(24)25-9-23)13-4-3-12(20)5-15(13)21/h3-5,9-11H,7-8H2,1-2H3,(H3,23,24,25)/t10?,11-/m1/s1. The van der Waals surface area contributed by atoms with E-state index in [1.807, 2.05) is 6.92 Å². The SMILES string of the molecule is CC1CO[C@H](C)CN1c1sc(C(N)=NC=N)c(-c2ccc(Cl)cc2Cl)c1C#N. The first-order valence-corrected chi connectivity index (χ1v) is 10.2. The van der Waals surface area contributed by atoms with Crippen LogP contribution in [0.3, 0.4) is 0 Å². The molecule has 28 heavy (non-hydrogen) atoms. The number of thiophene rings is 1. The molecule has 9 heteroatoms. The Morgan fingerprint density at radius 1 is 1.46 bits per heavy atom. The van der Waals surface area contributed by atoms with E-state index >= 15 is 0 Å². The summed E-state index contributed by atoms with van der Waals surface area (Å²) in [4.78, 5) is 6.68. The number of rotatable bonds is 4. The van der Waals surface area contributed by atoms with E-state index in [1.165, 1.54) is 11.3 Å². The highest BCUT2D eigenvalue weighted by atomic mass is 35.5. The molecule has 1 fully saturated rings. The molecule has 3 N–H and O–H groups in total. The summed E-state index contributed by atoms with van der Waals surface area (Å²) in [6.45, 7) is 5.28. The van der Waals surface area contributed by atoms with Crippen molar-refractivity contribution in [1.29, 1.82) is 10.7 Å². The third kappa shape index (κ3) is 3.87. The van der Waals surface area contributed by atoms with Crippen LogP contribution in [0.2, 0.25) is 10.0 Å². The summed E-state index contributed by atoms with van der Waals surface area (Å²) in [6, 6.07) is 7.54. The van der Waals surface area contributed by atoms with Gasteiger partial charge >= 0.3 is 0 Å². The van der Waals surface area contributed by atoms with E-state index in [-0.39, 0.29) is 18.0 Å². The molecule has 1 unspecified atom stereocenters. The molecule has 1 aromatic carbocycles. The number of ether oxygens (including phenoxy) is 1. The van der Waals surface area contributed by atoms with E-state index in [9.17, 15) is 5.26 Å². The molecule has 2 heterocycles. The van der Waals surface area contributed by atoms with E-state index in [2.05, 4.69) is 22.9 Å². The largest absolute Gasteiger partial charge is 0.382 e. The number of anilines is 1. The van der Waals surface area contributed by atoms with Crippen molar-refractivity contribution in [1.82, 2.24) is 0 Å². The molecule has 0 saturated carbocycles. The van der Waals surface area contributed by atoms with Crippen LogP contribution in [0.5, 0.6) is 0 Å². The Balaban J connectivity index is 2.27. The number of aliphatic imine (C=N–C) groups is 1. The minimum absolute atomic E-state index is 0.0449. The van der Waals surface area contributed by atoms with Gasteiger partial charge in [0.05, 0.1) is 29.2 Å². The quantitative estimate of drug-likeness (QED) is 0.544. The lowest BCUT2D eigenvalue weighted by Gasteiger charge is -2.37. The molecule has 2 atom stereocenters. The molecule has 0 bridgehead atoms. The molecule has 2 aromatic rings. The van der Waals surface area contributed by atoms with Crippen molar-refractivity contribution in [2.75, 3.05) is 18.1 Å². The van der Waals surface area contributed by atoms with Crippen molar-refractivity contribution in [3.63, 3.8) is 0 Å². The number of halogens is 2. The minimum atomic E-state index is 0.0449. The number of hydrogen-bond acceptors (Lipinski definition) is 5. The zero-order valence-corrected chi connectivity index (χ0v) is 17.7. The third-order valence-corrected chi connectivity index (χ3v) is 6.30. The first-order chi connectivity index (χ1) is 13.4. The van der Waals surface area contributed by atoms with Crippen LogP contribution in [-0.2, 0) is 4.74 Å². The molecule has 1 aromatic heterocycles. The fourth-order valence-corrected chi connectivity index (χ4v) is 4.96. The summed E-state index contributed by atoms with van der Waals surface area (Å²) in [5.41, 5.74) is 7.88. The average molecular weight is 436 g/mol. The van der Waals surface area contributed by atoms with Gasteiger partial charge in [0.2, 0.25) is 0 Å². The van der Waals surface area contributed by atoms with Crippen molar-refractivity contribution < 1.29 is 4.74 Å². The van der Waals surface area contributed by atoms with Gasteiger partial charge in [-0.1, -0.05) is 29.3 Å². The van der Waals surface area contributed by atoms with Gasteiger partial charge in [-0.2, -0.15) is 5.26 Å². The van der Waals surface area contributed by atoms with Gasteiger partial charge in [-0.05, 0) is 26.0 Å². The number of nitrogens with zero attached hydrogens (tertiary/aromatic N) is 3. The first kappa shape index (κ1) is 20.6. The van der Waals surface area contributed by atoms with Gasteiger partial charge in [0.15, 0.2) is 0 Å². The summed E-state index contributed by atoms with van der Waals surface area (Å²) >= 11 is 13.9. The smallest absolute Gasteiger partial charge is 0.143 e. The highest BCUT2D eigenvalue weighted by Crippen LogP contribution is 2.45. The molecule has 1 saturated heterocycles. The van der Waals surface area contributed by atoms with Crippen molar-refractivity contribution in [3.05, 3.63) is 38.7 Å². The predicted molar refractivity (Wildman–Crippen MR) is 116 cm³/mol. The van der Waals surface area contributed by atoms with Crippen molar-refractivity contribution >= 4 is 51.7 Å². The lowest BCUT2D eigenvalue weighted by molar-refractivity contribution is 0.0346. The van der Waals surface area contributed by atoms with Crippen molar-refractivity contribution in [3.8, 4) is 17.2 Å². The average Bonchev–Trinajstić information content (AvgIpc) is 3.03. The van der Waals surface area contributed by atoms with E-state index in [4.69, 9.17) is 39.1 Å². The molecular formula is C19H19Cl2N5OS. The maximum absolute atomic E-state index is 10.0. The second kappa shape index (κ2) is 8.50. The number of nitrogens with two attached hydrogens (primary N) is 1. The Bertz CT molecular complexity index is 981. The van der Waals surface area contributed by atoms with E-state index in [0.717, 1.165) is 11.3 Å². The van der Waals surface area contributed by atoms with E-state index in [0.29, 0.717) is 44.8 Å². The van der Waals surface area contributed by atoms with Crippen LogP contribution in [0.15, 0.2) is 23.2 Å². The topological polar surface area (TPSA) is 98.5 Å². The number of nitrogens with one attached hydrogen (secondary N) is 1. The van der Waals surface area contributed by atoms with Crippen molar-refractivity contribution in [2.45, 2.75) is 26.0 Å². The van der Waals surface area contributed by atoms with Crippen LogP contribution in [0.25, 0.3) is 11.1 Å². The van der Waals surface area contributed by atoms with Gasteiger partial charge in [0.25, 0.3) is 0 Å². The van der Waals surface area contributed by atoms with Crippen LogP contribution in [-0.4, -0.2) is 37.5 Å². The number of benzene rings is 1. The second-order valence-electron chi connectivity index (χ2n) is 6.51. The Morgan fingerprint density at radius 3 is 2.86 bits per heavy atom. The van der Waals surface area contributed by atoms with Crippen LogP contribution in [0.4, 0.5) is 5.00 Å². The Hall–Kier alpha value is -2.11. The van der Waals surface area contributed by atoms with E-state index < -0.39 is 0 Å². The summed E-state index contributed by atoms with van der Waals surface area (Å²) in [5.74, 6) is 0.165. The third-order valence-electron chi connectivity index (χ3n) is 4.51. The zero-order chi connectivity index (χ0) is 20.4. The zero-order valence-electron chi connectivity index (χ0n) is 15.4. The monoisotopic (exact) mass is 435 g/mol. The summed E-state index contributed by atoms with van der Waals surface area (Å²) in [6.07, 6.45) is 0.927. The van der Waals surface area contributed by atoms with Gasteiger partial charge in [0, 0.05) is 27.7 Å². The molecule has 0 radical (unpaired) electrons. The number of hydrogen-bond donors (Lipinski definition) is 2. The molecule has 3 rings (SSSR count). The van der Waals surface area contributed by atoms with Crippen LogP contribution in [0, 0.1) is 16.7 Å². The number of amidine groups is 1. The Labute approximate surface area is 177 Å². The molecule has 1 aliphatic heterocycles. The van der Waals surface area contributed by atoms with Crippen molar-refractivity contribution in [2.24, 2.45) is 10.7 Å². The van der Waals surface area contributed by atoms with Gasteiger partial charge in [0.1, 0.15) is 23.2 Å². The first-order valence-electron chi connectivity index (χ1n) is 8.60. The Morgan fingerprint density at radius 2 is 2.21 bits per heavy atom. The lowest BCUT2D eigenvalue weighted by atomic mass is 10.0. The van der Waals surface area contributed by atoms with Gasteiger partial charge < -0.3 is 15.4 Å². The van der Waals surface area contributed by atoms with E-state index in [1.54, 1.807) is 18.2 Å². The lowest BCUT2D eigenvalue weighted by Crippen LogP contribution is -2.47. The van der Waals surface area contributed by atoms with Gasteiger partial charge in [-0.15, -0.1) is 11.3 Å². The maximum Gasteiger partial charge on any atom is 0.143 e. The summed E-state index contributed by atoms with van der Waals surface area (Å²) in [7, 11) is 0. The normalized spacial score (nSPS) is 20.1. The Kier molecular flexibility index (Phi) is 6.26. The molecule has 1 aliphatic rings. The molecule has 0 aliphatic carbocycles. The van der Waals surface area contributed by atoms with Gasteiger partial charge in [-0.3, -0.25) is 5.41 Å². The maximum atomic E-state index is 10.0. The van der Waals surface area contributed by atoms with Crippen LogP contribution in [0.1, 0.15) is 24.3 Å². The number of nitriles is 1. The molecule has 0 spiro atoms. The molecule has 0 amide bonds. The summed E-state index contributed by atoms with van der Waals surface area (Å²) in [5, 5.41) is 19.0. The second-order valence-corrected chi connectivity index (χ2v) is 8.35. The number of morpholine rings is 1. The van der Waals surface area contributed by atoms with Crippen LogP contribution >= 0.6 is 34.5 Å². The predicted octanol–water partition coefficient (Wildman–Crippen LogP) is 4.52. The fourth-order valence-electron chi connectivity index (χ4n) is 3.17. The molecular weight excluding hydrogens is 417 g/mol. The van der Waals surface area contributed by atoms with Gasteiger partial charge in [-0.25, -0.2) is 4.99 Å². The highest BCUT2D eigenvalue weighted by Gasteiger charge is 2.31.